The minimum atomic E-state index is 1.14. The topological polar surface area (TPSA) is 9.86 Å². The van der Waals surface area contributed by atoms with E-state index in [4.69, 9.17) is 0 Å². The van der Waals surface area contributed by atoms with Crippen LogP contribution < -0.4 is 0 Å². The number of nitrogens with zero attached hydrogens (tertiary/aromatic N) is 2. The van der Waals surface area contributed by atoms with Crippen molar-refractivity contribution in [3.8, 4) is 33.8 Å². The predicted molar refractivity (Wildman–Crippen MR) is 221 cm³/mol. The maximum atomic E-state index is 2.46. The van der Waals surface area contributed by atoms with Crippen LogP contribution in [0.15, 0.2) is 194 Å². The summed E-state index contributed by atoms with van der Waals surface area (Å²) in [5.41, 5.74) is 10.7. The first-order chi connectivity index (χ1) is 25.8. The van der Waals surface area contributed by atoms with Gasteiger partial charge in [-0.2, -0.15) is 0 Å². The van der Waals surface area contributed by atoms with Crippen molar-refractivity contribution < 1.29 is 0 Å². The molecule has 2 aromatic heterocycles. The van der Waals surface area contributed by atoms with Gasteiger partial charge in [-0.3, -0.25) is 0 Å². The van der Waals surface area contributed by atoms with Gasteiger partial charge in [0.25, 0.3) is 0 Å². The van der Waals surface area contributed by atoms with E-state index in [0.29, 0.717) is 0 Å². The molecule has 0 fully saturated rings. The Kier molecular flexibility index (Phi) is 6.28. The molecule has 0 aliphatic heterocycles. The van der Waals surface area contributed by atoms with E-state index in [1.54, 1.807) is 0 Å². The Balaban J connectivity index is 1.14. The Hall–Kier alpha value is -6.90. The van der Waals surface area contributed by atoms with E-state index in [1.165, 1.54) is 87.4 Å². The quantitative estimate of drug-likeness (QED) is 0.166. The number of aromatic nitrogens is 2. The van der Waals surface area contributed by atoms with Gasteiger partial charge in [0.2, 0.25) is 0 Å². The zero-order valence-electron chi connectivity index (χ0n) is 28.4. The smallest absolute Gasteiger partial charge is 0.0788 e. The van der Waals surface area contributed by atoms with Gasteiger partial charge in [0.1, 0.15) is 0 Å². The third-order valence-electron chi connectivity index (χ3n) is 10.9. The average Bonchev–Trinajstić information content (AvgIpc) is 3.78. The summed E-state index contributed by atoms with van der Waals surface area (Å²) in [6.45, 7) is 0. The molecule has 11 aromatic rings. The van der Waals surface area contributed by atoms with Crippen LogP contribution in [0.25, 0.3) is 98.8 Å². The fraction of sp³-hybridized carbons (Fsp3) is 0. The van der Waals surface area contributed by atoms with Crippen molar-refractivity contribution in [1.29, 1.82) is 0 Å². The van der Waals surface area contributed by atoms with Gasteiger partial charge < -0.3 is 9.13 Å². The molecule has 0 aliphatic carbocycles. The Morgan fingerprint density at radius 1 is 0.269 bits per heavy atom. The molecular weight excluding hydrogens is 629 g/mol. The summed E-state index contributed by atoms with van der Waals surface area (Å²) in [5.74, 6) is 0. The molecule has 242 valence electrons. The zero-order chi connectivity index (χ0) is 34.2. The van der Waals surface area contributed by atoms with Crippen LogP contribution in [0.1, 0.15) is 0 Å². The lowest BCUT2D eigenvalue weighted by atomic mass is 9.92. The number of rotatable bonds is 4. The van der Waals surface area contributed by atoms with Crippen molar-refractivity contribution in [3.63, 3.8) is 0 Å². The van der Waals surface area contributed by atoms with E-state index in [-0.39, 0.29) is 0 Å². The number of hydrogen-bond donors (Lipinski definition) is 0. The van der Waals surface area contributed by atoms with Crippen molar-refractivity contribution >= 4 is 65.0 Å². The third-order valence-corrected chi connectivity index (χ3v) is 10.9. The second-order valence-corrected chi connectivity index (χ2v) is 13.7. The molecule has 0 N–H and O–H groups in total. The predicted octanol–water partition coefficient (Wildman–Crippen LogP) is 13.5. The van der Waals surface area contributed by atoms with Crippen LogP contribution in [-0.2, 0) is 0 Å². The fourth-order valence-corrected chi connectivity index (χ4v) is 8.56. The first kappa shape index (κ1) is 28.9. The number of hydrogen-bond acceptors (Lipinski definition) is 0. The molecule has 0 unspecified atom stereocenters. The standard InChI is InChI=1S/C50H32N2/c1-3-13-34(14-4-1)48-32-36-26-30-45-44-21-11-12-22-47(44)51(50(45)49(36)52(48)37-15-5-2-6-16-37)38-27-23-33(24-28-38)35-25-29-43-41-19-8-7-17-39(41)40-18-9-10-20-42(40)46(43)31-35/h1-32H. The second kappa shape index (κ2) is 11.3. The van der Waals surface area contributed by atoms with Gasteiger partial charge in [0, 0.05) is 27.5 Å². The molecule has 0 saturated heterocycles. The van der Waals surface area contributed by atoms with E-state index in [2.05, 4.69) is 203 Å². The number of benzene rings is 9. The molecule has 2 nitrogen and oxygen atoms in total. The molecular formula is C50H32N2. The summed E-state index contributed by atoms with van der Waals surface area (Å²) < 4.78 is 4.91. The lowest BCUT2D eigenvalue weighted by Crippen LogP contribution is -2.00. The summed E-state index contributed by atoms with van der Waals surface area (Å²) in [6, 6.07) is 70.9. The minimum absolute atomic E-state index is 1.14. The lowest BCUT2D eigenvalue weighted by molar-refractivity contribution is 1.12. The first-order valence-electron chi connectivity index (χ1n) is 17.9. The second-order valence-electron chi connectivity index (χ2n) is 13.7. The maximum absolute atomic E-state index is 2.46. The molecule has 11 rings (SSSR count). The van der Waals surface area contributed by atoms with E-state index in [0.717, 1.165) is 11.4 Å². The molecule has 2 heteroatoms. The van der Waals surface area contributed by atoms with Gasteiger partial charge in [-0.05, 0) is 91.5 Å². The summed E-state index contributed by atoms with van der Waals surface area (Å²) in [7, 11) is 0. The van der Waals surface area contributed by atoms with Crippen LogP contribution in [0.4, 0.5) is 0 Å². The minimum Gasteiger partial charge on any atom is -0.307 e. The Morgan fingerprint density at radius 3 is 1.48 bits per heavy atom. The van der Waals surface area contributed by atoms with Crippen molar-refractivity contribution in [3.05, 3.63) is 194 Å². The van der Waals surface area contributed by atoms with Crippen LogP contribution in [0.5, 0.6) is 0 Å². The van der Waals surface area contributed by atoms with Gasteiger partial charge in [-0.25, -0.2) is 0 Å². The molecule has 0 atom stereocenters. The zero-order valence-corrected chi connectivity index (χ0v) is 28.4. The van der Waals surface area contributed by atoms with Gasteiger partial charge in [-0.1, -0.05) is 152 Å². The van der Waals surface area contributed by atoms with Gasteiger partial charge in [-0.15, -0.1) is 0 Å². The largest absolute Gasteiger partial charge is 0.307 e. The SMILES string of the molecule is c1ccc(-c2cc3ccc4c5ccccc5n(-c5ccc(-c6ccc7c8ccccc8c8ccccc8c7c6)cc5)c4c3n2-c2ccccc2)cc1. The van der Waals surface area contributed by atoms with Crippen LogP contribution >= 0.6 is 0 Å². The molecule has 0 bridgehead atoms. The Bertz CT molecular complexity index is 3110. The van der Waals surface area contributed by atoms with Crippen LogP contribution in [-0.4, -0.2) is 9.13 Å². The molecule has 0 amide bonds. The summed E-state index contributed by atoms with van der Waals surface area (Å²) in [6.07, 6.45) is 0. The van der Waals surface area contributed by atoms with Crippen molar-refractivity contribution in [2.75, 3.05) is 0 Å². The van der Waals surface area contributed by atoms with Gasteiger partial charge in [0.05, 0.1) is 22.2 Å². The number of fused-ring (bicyclic) bond motifs is 11. The normalized spacial score (nSPS) is 11.8. The molecule has 2 heterocycles. The molecule has 0 spiro atoms. The highest BCUT2D eigenvalue weighted by molar-refractivity contribution is 6.26. The highest BCUT2D eigenvalue weighted by atomic mass is 15.0. The Morgan fingerprint density at radius 2 is 0.788 bits per heavy atom. The van der Waals surface area contributed by atoms with Crippen LogP contribution in [0.3, 0.4) is 0 Å². The van der Waals surface area contributed by atoms with Crippen molar-refractivity contribution in [1.82, 2.24) is 9.13 Å². The average molecular weight is 661 g/mol. The molecule has 0 radical (unpaired) electrons. The highest BCUT2D eigenvalue weighted by Gasteiger charge is 2.21. The first-order valence-corrected chi connectivity index (χ1v) is 17.9. The van der Waals surface area contributed by atoms with E-state index in [9.17, 15) is 0 Å². The van der Waals surface area contributed by atoms with Gasteiger partial charge >= 0.3 is 0 Å². The third kappa shape index (κ3) is 4.25. The van der Waals surface area contributed by atoms with Gasteiger partial charge in [0.15, 0.2) is 0 Å². The van der Waals surface area contributed by atoms with Crippen molar-refractivity contribution in [2.24, 2.45) is 0 Å². The Labute approximate surface area is 301 Å². The lowest BCUT2D eigenvalue weighted by Gasteiger charge is -2.15. The molecule has 9 aromatic carbocycles. The molecule has 52 heavy (non-hydrogen) atoms. The fourth-order valence-electron chi connectivity index (χ4n) is 8.56. The van der Waals surface area contributed by atoms with E-state index >= 15 is 0 Å². The highest BCUT2D eigenvalue weighted by Crippen LogP contribution is 2.42. The number of para-hydroxylation sites is 2. The van der Waals surface area contributed by atoms with Crippen molar-refractivity contribution in [2.45, 2.75) is 0 Å². The summed E-state index contributed by atoms with van der Waals surface area (Å²) in [5, 5.41) is 11.5. The molecule has 0 saturated carbocycles. The summed E-state index contributed by atoms with van der Waals surface area (Å²) >= 11 is 0. The molecule has 0 aliphatic rings. The van der Waals surface area contributed by atoms with E-state index < -0.39 is 0 Å². The summed E-state index contributed by atoms with van der Waals surface area (Å²) in [4.78, 5) is 0. The van der Waals surface area contributed by atoms with Crippen LogP contribution in [0, 0.1) is 0 Å². The maximum Gasteiger partial charge on any atom is 0.0788 e. The monoisotopic (exact) mass is 660 g/mol. The van der Waals surface area contributed by atoms with E-state index in [1.807, 2.05) is 0 Å². The van der Waals surface area contributed by atoms with Crippen LogP contribution in [0.2, 0.25) is 0 Å².